The molecule has 22 heavy (non-hydrogen) atoms. The summed E-state index contributed by atoms with van der Waals surface area (Å²) in [7, 11) is 0. The second kappa shape index (κ2) is 7.26. The molecule has 0 radical (unpaired) electrons. The highest BCUT2D eigenvalue weighted by Crippen LogP contribution is 2.25. The van der Waals surface area contributed by atoms with Crippen molar-refractivity contribution in [2.45, 2.75) is 25.4 Å². The molecule has 1 fully saturated rings. The van der Waals surface area contributed by atoms with Crippen molar-refractivity contribution >= 4 is 39.1 Å². The molecule has 1 aromatic heterocycles. The van der Waals surface area contributed by atoms with Crippen molar-refractivity contribution in [2.24, 2.45) is 10.7 Å². The molecular weight excluding hydrogens is 320 g/mol. The monoisotopic (exact) mass is 338 g/mol. The van der Waals surface area contributed by atoms with Gasteiger partial charge in [-0.05, 0) is 31.0 Å². The molecule has 0 bridgehead atoms. The number of ether oxygens (including phenoxy) is 1. The van der Waals surface area contributed by atoms with Crippen molar-refractivity contribution in [2.75, 3.05) is 19.7 Å². The number of guanidine groups is 1. The highest BCUT2D eigenvalue weighted by molar-refractivity contribution is 7.18. The third kappa shape index (κ3) is 4.09. The lowest BCUT2D eigenvalue weighted by Crippen LogP contribution is -2.34. The SMILES string of the molecule is NC(=NCC1CCCO1)NCCc1nc2cc(Cl)ccc2s1. The minimum Gasteiger partial charge on any atom is -0.376 e. The molecule has 1 aliphatic rings. The minimum atomic E-state index is 0.231. The number of nitrogens with zero attached hydrogens (tertiary/aromatic N) is 2. The number of thiazole rings is 1. The van der Waals surface area contributed by atoms with Crippen LogP contribution in [0.1, 0.15) is 17.8 Å². The highest BCUT2D eigenvalue weighted by Gasteiger charge is 2.14. The van der Waals surface area contributed by atoms with Crippen LogP contribution in [0.3, 0.4) is 0 Å². The fourth-order valence-corrected chi connectivity index (χ4v) is 3.51. The molecule has 1 unspecified atom stereocenters. The Morgan fingerprint density at radius 1 is 1.55 bits per heavy atom. The zero-order chi connectivity index (χ0) is 15.4. The average molecular weight is 339 g/mol. The summed E-state index contributed by atoms with van der Waals surface area (Å²) in [5.41, 5.74) is 6.81. The van der Waals surface area contributed by atoms with Gasteiger partial charge in [0, 0.05) is 24.6 Å². The number of fused-ring (bicyclic) bond motifs is 1. The van der Waals surface area contributed by atoms with E-state index in [-0.39, 0.29) is 6.10 Å². The smallest absolute Gasteiger partial charge is 0.188 e. The molecule has 0 spiro atoms. The standard InChI is InChI=1S/C15H19ClN4OS/c16-10-3-4-13-12(8-10)20-14(22-13)5-6-18-15(17)19-9-11-2-1-7-21-11/h3-4,8,11H,1-2,5-7,9H2,(H3,17,18,19). The van der Waals surface area contributed by atoms with E-state index in [0.29, 0.717) is 24.1 Å². The van der Waals surface area contributed by atoms with Gasteiger partial charge >= 0.3 is 0 Å². The van der Waals surface area contributed by atoms with Crippen molar-refractivity contribution < 1.29 is 4.74 Å². The molecule has 1 saturated heterocycles. The average Bonchev–Trinajstić information content (AvgIpc) is 3.13. The number of rotatable bonds is 5. The Bertz CT molecular complexity index is 667. The summed E-state index contributed by atoms with van der Waals surface area (Å²) in [4.78, 5) is 8.89. The van der Waals surface area contributed by atoms with Gasteiger partial charge in [0.25, 0.3) is 0 Å². The van der Waals surface area contributed by atoms with E-state index in [4.69, 9.17) is 22.1 Å². The molecule has 1 aliphatic heterocycles. The Labute approximate surface area is 138 Å². The van der Waals surface area contributed by atoms with E-state index in [1.807, 2.05) is 18.2 Å². The van der Waals surface area contributed by atoms with Crippen LogP contribution in [-0.4, -0.2) is 36.7 Å². The summed E-state index contributed by atoms with van der Waals surface area (Å²) in [6, 6.07) is 5.78. The van der Waals surface area contributed by atoms with E-state index in [9.17, 15) is 0 Å². The van der Waals surface area contributed by atoms with Gasteiger partial charge in [-0.1, -0.05) is 11.6 Å². The Morgan fingerprint density at radius 3 is 3.27 bits per heavy atom. The molecule has 1 aromatic carbocycles. The van der Waals surface area contributed by atoms with E-state index in [2.05, 4.69) is 15.3 Å². The van der Waals surface area contributed by atoms with Gasteiger partial charge < -0.3 is 15.8 Å². The first-order chi connectivity index (χ1) is 10.7. The van der Waals surface area contributed by atoms with Crippen molar-refractivity contribution in [3.63, 3.8) is 0 Å². The fraction of sp³-hybridized carbons (Fsp3) is 0.467. The normalized spacial score (nSPS) is 19.0. The predicted octanol–water partition coefficient (Wildman–Crippen LogP) is 2.58. The quantitative estimate of drug-likeness (QED) is 0.649. The van der Waals surface area contributed by atoms with E-state index in [0.717, 1.165) is 41.1 Å². The van der Waals surface area contributed by atoms with E-state index in [1.54, 1.807) is 11.3 Å². The number of nitrogens with one attached hydrogen (secondary N) is 1. The molecule has 5 nitrogen and oxygen atoms in total. The van der Waals surface area contributed by atoms with Gasteiger partial charge in [-0.15, -0.1) is 11.3 Å². The molecular formula is C15H19ClN4OS. The summed E-state index contributed by atoms with van der Waals surface area (Å²) >= 11 is 7.65. The number of aliphatic imine (C=N–C) groups is 1. The summed E-state index contributed by atoms with van der Waals surface area (Å²) in [5.74, 6) is 0.472. The molecule has 3 rings (SSSR count). The van der Waals surface area contributed by atoms with Gasteiger partial charge in [-0.2, -0.15) is 0 Å². The second-order valence-electron chi connectivity index (χ2n) is 5.26. The third-order valence-corrected chi connectivity index (χ3v) is 4.86. The highest BCUT2D eigenvalue weighted by atomic mass is 35.5. The van der Waals surface area contributed by atoms with Crippen molar-refractivity contribution in [3.05, 3.63) is 28.2 Å². The lowest BCUT2D eigenvalue weighted by Gasteiger charge is -2.07. The number of benzene rings is 1. The lowest BCUT2D eigenvalue weighted by atomic mass is 10.2. The number of aromatic nitrogens is 1. The van der Waals surface area contributed by atoms with Gasteiger partial charge in [0.15, 0.2) is 5.96 Å². The van der Waals surface area contributed by atoms with Gasteiger partial charge in [0.05, 0.1) is 27.9 Å². The Morgan fingerprint density at radius 2 is 2.45 bits per heavy atom. The van der Waals surface area contributed by atoms with Gasteiger partial charge in [-0.25, -0.2) is 4.98 Å². The fourth-order valence-electron chi connectivity index (χ4n) is 2.40. The van der Waals surface area contributed by atoms with Crippen LogP contribution in [0.2, 0.25) is 5.02 Å². The molecule has 3 N–H and O–H groups in total. The van der Waals surface area contributed by atoms with Crippen LogP contribution in [0, 0.1) is 0 Å². The Hall–Kier alpha value is -1.37. The number of halogens is 1. The molecule has 2 heterocycles. The number of nitrogens with two attached hydrogens (primary N) is 1. The maximum absolute atomic E-state index is 5.97. The minimum absolute atomic E-state index is 0.231. The molecule has 118 valence electrons. The Balaban J connectivity index is 1.47. The zero-order valence-electron chi connectivity index (χ0n) is 12.2. The van der Waals surface area contributed by atoms with Crippen LogP contribution in [0.5, 0.6) is 0 Å². The first-order valence-electron chi connectivity index (χ1n) is 7.41. The zero-order valence-corrected chi connectivity index (χ0v) is 13.8. The largest absolute Gasteiger partial charge is 0.376 e. The van der Waals surface area contributed by atoms with Crippen LogP contribution in [0.4, 0.5) is 0 Å². The molecule has 2 aromatic rings. The third-order valence-electron chi connectivity index (χ3n) is 3.53. The van der Waals surface area contributed by atoms with Gasteiger partial charge in [0.1, 0.15) is 0 Å². The number of hydrogen-bond acceptors (Lipinski definition) is 4. The lowest BCUT2D eigenvalue weighted by molar-refractivity contribution is 0.118. The summed E-state index contributed by atoms with van der Waals surface area (Å²) in [6.45, 7) is 2.20. The van der Waals surface area contributed by atoms with Crippen LogP contribution in [0.15, 0.2) is 23.2 Å². The van der Waals surface area contributed by atoms with Crippen molar-refractivity contribution in [3.8, 4) is 0 Å². The molecule has 0 aliphatic carbocycles. The molecule has 7 heteroatoms. The van der Waals surface area contributed by atoms with Crippen molar-refractivity contribution in [1.82, 2.24) is 10.3 Å². The summed E-state index contributed by atoms with van der Waals surface area (Å²) < 4.78 is 6.66. The second-order valence-corrected chi connectivity index (χ2v) is 6.81. The first-order valence-corrected chi connectivity index (χ1v) is 8.60. The maximum Gasteiger partial charge on any atom is 0.188 e. The van der Waals surface area contributed by atoms with Crippen LogP contribution >= 0.6 is 22.9 Å². The van der Waals surface area contributed by atoms with E-state index >= 15 is 0 Å². The van der Waals surface area contributed by atoms with Gasteiger partial charge in [-0.3, -0.25) is 4.99 Å². The molecule has 0 amide bonds. The molecule has 0 saturated carbocycles. The van der Waals surface area contributed by atoms with Crippen LogP contribution in [-0.2, 0) is 11.2 Å². The van der Waals surface area contributed by atoms with Crippen LogP contribution < -0.4 is 11.1 Å². The first kappa shape index (κ1) is 15.5. The van der Waals surface area contributed by atoms with E-state index < -0.39 is 0 Å². The predicted molar refractivity (Wildman–Crippen MR) is 91.8 cm³/mol. The maximum atomic E-state index is 5.97. The van der Waals surface area contributed by atoms with Crippen LogP contribution in [0.25, 0.3) is 10.2 Å². The number of hydrogen-bond donors (Lipinski definition) is 2. The summed E-state index contributed by atoms with van der Waals surface area (Å²) in [6.07, 6.45) is 3.24. The van der Waals surface area contributed by atoms with E-state index in [1.165, 1.54) is 0 Å². The topological polar surface area (TPSA) is 72.5 Å². The summed E-state index contributed by atoms with van der Waals surface area (Å²) in [5, 5.41) is 4.91. The van der Waals surface area contributed by atoms with Gasteiger partial charge in [0.2, 0.25) is 0 Å². The van der Waals surface area contributed by atoms with Crippen molar-refractivity contribution in [1.29, 1.82) is 0 Å². The molecule has 1 atom stereocenters. The Kier molecular flexibility index (Phi) is 5.12.